The van der Waals surface area contributed by atoms with Gasteiger partial charge in [-0.3, -0.25) is 4.57 Å². The second kappa shape index (κ2) is 6.57. The van der Waals surface area contributed by atoms with Gasteiger partial charge in [0.1, 0.15) is 17.2 Å². The molecule has 0 aliphatic rings. The summed E-state index contributed by atoms with van der Waals surface area (Å²) < 4.78 is 16.4. The standard InChI is InChI=1S/C12H11O5P.Na.H/c13-9-1-3-10(4-2-9)17-11-5-7-12(8-6-11)18(14,15)16;;/h1-8,13H,(H2,14,15,16);;/q;+1;-1. The molecule has 19 heavy (non-hydrogen) atoms. The van der Waals surface area contributed by atoms with Crippen LogP contribution in [0.25, 0.3) is 0 Å². The minimum atomic E-state index is -4.22. The maximum absolute atomic E-state index is 11.0. The summed E-state index contributed by atoms with van der Waals surface area (Å²) in [5, 5.41) is 9.05. The van der Waals surface area contributed by atoms with Crippen molar-refractivity contribution in [2.24, 2.45) is 0 Å². The zero-order chi connectivity index (χ0) is 13.2. The zero-order valence-electron chi connectivity index (χ0n) is 11.2. The average molecular weight is 290 g/mol. The molecule has 0 saturated carbocycles. The Morgan fingerprint density at radius 3 is 1.74 bits per heavy atom. The molecular formula is C12H12NaO5P. The number of ether oxygens (including phenoxy) is 1. The molecule has 2 aromatic carbocycles. The number of hydrogen-bond donors (Lipinski definition) is 3. The molecule has 0 aromatic heterocycles. The topological polar surface area (TPSA) is 87.0 Å². The van der Waals surface area contributed by atoms with E-state index in [4.69, 9.17) is 19.6 Å². The molecule has 0 saturated heterocycles. The smallest absolute Gasteiger partial charge is 1.00 e. The van der Waals surface area contributed by atoms with Crippen molar-refractivity contribution in [3.8, 4) is 17.2 Å². The molecule has 0 unspecified atom stereocenters. The number of phenolic OH excluding ortho intramolecular Hbond substituents is 1. The molecule has 0 radical (unpaired) electrons. The van der Waals surface area contributed by atoms with Crippen molar-refractivity contribution in [3.05, 3.63) is 48.5 Å². The summed E-state index contributed by atoms with van der Waals surface area (Å²) in [7, 11) is -4.22. The number of phenols is 1. The minimum absolute atomic E-state index is 0. The van der Waals surface area contributed by atoms with E-state index < -0.39 is 7.60 Å². The Kier molecular flexibility index (Phi) is 5.62. The van der Waals surface area contributed by atoms with Crippen LogP contribution in [0, 0.1) is 0 Å². The summed E-state index contributed by atoms with van der Waals surface area (Å²) in [6, 6.07) is 11.7. The fourth-order valence-electron chi connectivity index (χ4n) is 1.36. The van der Waals surface area contributed by atoms with Crippen LogP contribution >= 0.6 is 7.60 Å². The molecule has 96 valence electrons. The molecule has 2 rings (SSSR count). The Morgan fingerprint density at radius 2 is 1.32 bits per heavy atom. The first-order valence-corrected chi connectivity index (χ1v) is 6.69. The van der Waals surface area contributed by atoms with Crippen LogP contribution in [0.4, 0.5) is 0 Å². The van der Waals surface area contributed by atoms with Crippen LogP contribution in [-0.2, 0) is 4.57 Å². The van der Waals surface area contributed by atoms with Gasteiger partial charge in [0.25, 0.3) is 0 Å². The Labute approximate surface area is 133 Å². The van der Waals surface area contributed by atoms with Crippen molar-refractivity contribution in [2.45, 2.75) is 0 Å². The first-order valence-electron chi connectivity index (χ1n) is 5.08. The molecule has 0 bridgehead atoms. The first kappa shape index (κ1) is 16.2. The van der Waals surface area contributed by atoms with Gasteiger partial charge in [-0.25, -0.2) is 0 Å². The predicted molar refractivity (Wildman–Crippen MR) is 67.4 cm³/mol. The van der Waals surface area contributed by atoms with Crippen LogP contribution in [0.1, 0.15) is 1.43 Å². The van der Waals surface area contributed by atoms with E-state index in [-0.39, 0.29) is 42.0 Å². The second-order valence-corrected chi connectivity index (χ2v) is 5.24. The summed E-state index contributed by atoms with van der Waals surface area (Å²) in [6.45, 7) is 0. The molecule has 0 atom stereocenters. The van der Waals surface area contributed by atoms with Gasteiger partial charge < -0.3 is 21.1 Å². The quantitative estimate of drug-likeness (QED) is 0.504. The molecule has 0 spiro atoms. The van der Waals surface area contributed by atoms with Gasteiger partial charge in [0.15, 0.2) is 0 Å². The van der Waals surface area contributed by atoms with Crippen LogP contribution in [-0.4, -0.2) is 14.9 Å². The van der Waals surface area contributed by atoms with Gasteiger partial charge in [-0.1, -0.05) is 0 Å². The molecule has 0 amide bonds. The maximum atomic E-state index is 11.0. The van der Waals surface area contributed by atoms with Crippen LogP contribution in [0.2, 0.25) is 0 Å². The molecule has 0 aliphatic heterocycles. The van der Waals surface area contributed by atoms with Gasteiger partial charge in [-0.15, -0.1) is 0 Å². The van der Waals surface area contributed by atoms with Gasteiger partial charge in [0.2, 0.25) is 0 Å². The summed E-state index contributed by atoms with van der Waals surface area (Å²) in [5.74, 6) is 1.12. The van der Waals surface area contributed by atoms with Crippen molar-refractivity contribution in [1.82, 2.24) is 0 Å². The summed E-state index contributed by atoms with van der Waals surface area (Å²) in [5.41, 5.74) is 0. The molecule has 0 aliphatic carbocycles. The van der Waals surface area contributed by atoms with Gasteiger partial charge in [-0.05, 0) is 48.5 Å². The molecular weight excluding hydrogens is 278 g/mol. The van der Waals surface area contributed by atoms with E-state index in [0.717, 1.165) is 0 Å². The molecule has 0 heterocycles. The van der Waals surface area contributed by atoms with Crippen molar-refractivity contribution in [3.63, 3.8) is 0 Å². The van der Waals surface area contributed by atoms with E-state index in [1.807, 2.05) is 0 Å². The van der Waals surface area contributed by atoms with E-state index in [2.05, 4.69) is 0 Å². The predicted octanol–water partition coefficient (Wildman–Crippen LogP) is -0.896. The molecule has 3 N–H and O–H groups in total. The second-order valence-electron chi connectivity index (χ2n) is 3.63. The third-order valence-corrected chi connectivity index (χ3v) is 3.22. The van der Waals surface area contributed by atoms with Crippen LogP contribution < -0.4 is 39.6 Å². The average Bonchev–Trinajstić information content (AvgIpc) is 2.32. The van der Waals surface area contributed by atoms with E-state index >= 15 is 0 Å². The number of aromatic hydroxyl groups is 1. The molecule has 2 aromatic rings. The first-order chi connectivity index (χ1) is 8.45. The van der Waals surface area contributed by atoms with Gasteiger partial charge >= 0.3 is 37.2 Å². The molecule has 7 heteroatoms. The SMILES string of the molecule is O=P(O)(O)c1ccc(Oc2ccc(O)cc2)cc1.[H-].[Na+]. The maximum Gasteiger partial charge on any atom is 1.00 e. The normalized spacial score (nSPS) is 10.6. The number of hydrogen-bond acceptors (Lipinski definition) is 3. The van der Waals surface area contributed by atoms with Gasteiger partial charge in [-0.2, -0.15) is 0 Å². The van der Waals surface area contributed by atoms with E-state index in [0.29, 0.717) is 11.5 Å². The Balaban J connectivity index is 0.00000180. The van der Waals surface area contributed by atoms with Crippen molar-refractivity contribution in [2.75, 3.05) is 0 Å². The van der Waals surface area contributed by atoms with E-state index in [1.165, 1.54) is 36.4 Å². The largest absolute Gasteiger partial charge is 1.00 e. The summed E-state index contributed by atoms with van der Waals surface area (Å²) >= 11 is 0. The Hall–Kier alpha value is -0.810. The van der Waals surface area contributed by atoms with Crippen LogP contribution in [0.3, 0.4) is 0 Å². The van der Waals surface area contributed by atoms with E-state index in [1.54, 1.807) is 12.1 Å². The van der Waals surface area contributed by atoms with Crippen molar-refractivity contribution < 1.29 is 55.2 Å². The number of benzene rings is 2. The summed E-state index contributed by atoms with van der Waals surface area (Å²) in [4.78, 5) is 17.9. The Morgan fingerprint density at radius 1 is 0.895 bits per heavy atom. The Bertz CT molecular complexity index is 582. The zero-order valence-corrected chi connectivity index (χ0v) is 13.1. The minimum Gasteiger partial charge on any atom is -1.00 e. The van der Waals surface area contributed by atoms with Gasteiger partial charge in [0, 0.05) is 0 Å². The fraction of sp³-hybridized carbons (Fsp3) is 0. The third-order valence-electron chi connectivity index (χ3n) is 2.25. The van der Waals surface area contributed by atoms with Crippen molar-refractivity contribution in [1.29, 1.82) is 0 Å². The van der Waals surface area contributed by atoms with E-state index in [9.17, 15) is 4.57 Å². The molecule has 0 fully saturated rings. The van der Waals surface area contributed by atoms with Crippen LogP contribution in [0.5, 0.6) is 17.2 Å². The third kappa shape index (κ3) is 4.66. The monoisotopic (exact) mass is 290 g/mol. The number of rotatable bonds is 3. The summed E-state index contributed by atoms with van der Waals surface area (Å²) in [6.07, 6.45) is 0. The fourth-order valence-corrected chi connectivity index (χ4v) is 1.90. The van der Waals surface area contributed by atoms with Crippen molar-refractivity contribution >= 4 is 12.9 Å². The van der Waals surface area contributed by atoms with Crippen LogP contribution in [0.15, 0.2) is 48.5 Å². The molecule has 5 nitrogen and oxygen atoms in total. The van der Waals surface area contributed by atoms with Gasteiger partial charge in [0.05, 0.1) is 5.30 Å².